The van der Waals surface area contributed by atoms with Crippen molar-refractivity contribution in [1.29, 1.82) is 0 Å². The van der Waals surface area contributed by atoms with Gasteiger partial charge in [-0.3, -0.25) is 0 Å². The molecule has 0 bridgehead atoms. The van der Waals surface area contributed by atoms with Gasteiger partial charge in [-0.25, -0.2) is 4.98 Å². The first kappa shape index (κ1) is 21.1. The minimum absolute atomic E-state index is 0.557. The minimum atomic E-state index is -4.37. The molecular weight excluding hydrogens is 403 g/mol. The fourth-order valence-electron chi connectivity index (χ4n) is 3.85. The molecule has 0 amide bonds. The van der Waals surface area contributed by atoms with Crippen LogP contribution in [0.4, 0.5) is 24.8 Å². The van der Waals surface area contributed by atoms with Gasteiger partial charge in [0, 0.05) is 37.9 Å². The molecule has 1 fully saturated rings. The molecule has 0 aliphatic carbocycles. The summed E-state index contributed by atoms with van der Waals surface area (Å²) in [5.74, 6) is 1.41. The number of hydrogen-bond acceptors (Lipinski definition) is 5. The molecule has 0 unspecified atom stereocenters. The second kappa shape index (κ2) is 8.17. The van der Waals surface area contributed by atoms with E-state index in [1.807, 2.05) is 17.0 Å². The zero-order chi connectivity index (χ0) is 22.2. The molecule has 0 N–H and O–H groups in total. The van der Waals surface area contributed by atoms with Crippen LogP contribution in [0.3, 0.4) is 0 Å². The molecule has 1 aliphatic heterocycles. The van der Waals surface area contributed by atoms with Crippen molar-refractivity contribution < 1.29 is 13.2 Å². The van der Waals surface area contributed by atoms with Crippen LogP contribution >= 0.6 is 0 Å². The molecule has 162 valence electrons. The highest BCUT2D eigenvalue weighted by atomic mass is 19.4. The van der Waals surface area contributed by atoms with Crippen LogP contribution in [-0.4, -0.2) is 41.4 Å². The largest absolute Gasteiger partial charge is 0.417 e. The number of alkyl halides is 3. The maximum Gasteiger partial charge on any atom is 0.417 e. The van der Waals surface area contributed by atoms with Gasteiger partial charge in [0.05, 0.1) is 11.3 Å². The Kier molecular flexibility index (Phi) is 5.56. The molecule has 8 heteroatoms. The summed E-state index contributed by atoms with van der Waals surface area (Å²) in [6, 6.07) is 10.7. The van der Waals surface area contributed by atoms with Gasteiger partial charge in [0.2, 0.25) is 0 Å². The number of aromatic nitrogens is 3. The fourth-order valence-corrected chi connectivity index (χ4v) is 3.85. The zero-order valence-electron chi connectivity index (χ0n) is 17.7. The van der Waals surface area contributed by atoms with Crippen molar-refractivity contribution in [2.24, 2.45) is 0 Å². The lowest BCUT2D eigenvalue weighted by molar-refractivity contribution is -0.137. The number of benzene rings is 1. The van der Waals surface area contributed by atoms with Crippen LogP contribution in [0.25, 0.3) is 11.3 Å². The van der Waals surface area contributed by atoms with E-state index in [4.69, 9.17) is 0 Å². The monoisotopic (exact) mass is 427 g/mol. The van der Waals surface area contributed by atoms with Gasteiger partial charge >= 0.3 is 6.18 Å². The molecule has 0 spiro atoms. The van der Waals surface area contributed by atoms with Gasteiger partial charge in [0.1, 0.15) is 5.82 Å². The molecule has 0 radical (unpaired) electrons. The van der Waals surface area contributed by atoms with Crippen LogP contribution in [0.5, 0.6) is 0 Å². The standard InChI is InChI=1S/C23H24F3N5/c1-15-5-4-6-18(13-15)21-16(2)17(3)22(29-28-21)31-11-9-30(10-12-31)20-8-7-19(14-27-20)23(24,25)26/h4-8,13-14H,9-12H2,1-3H3. The highest BCUT2D eigenvalue weighted by Gasteiger charge is 2.31. The average molecular weight is 427 g/mol. The molecule has 3 aromatic rings. The van der Waals surface area contributed by atoms with Crippen molar-refractivity contribution in [3.05, 3.63) is 64.8 Å². The van der Waals surface area contributed by atoms with E-state index in [-0.39, 0.29) is 0 Å². The Morgan fingerprint density at radius 2 is 1.55 bits per heavy atom. The summed E-state index contributed by atoms with van der Waals surface area (Å²) in [5.41, 5.74) is 4.57. The number of aryl methyl sites for hydroxylation is 1. The molecule has 1 aromatic carbocycles. The highest BCUT2D eigenvalue weighted by Crippen LogP contribution is 2.31. The van der Waals surface area contributed by atoms with Gasteiger partial charge in [-0.05, 0) is 50.1 Å². The van der Waals surface area contributed by atoms with Crippen LogP contribution in [0, 0.1) is 20.8 Å². The number of pyridine rings is 1. The number of piperazine rings is 1. The molecule has 1 saturated heterocycles. The summed E-state index contributed by atoms with van der Waals surface area (Å²) < 4.78 is 38.3. The molecule has 4 rings (SSSR count). The molecule has 31 heavy (non-hydrogen) atoms. The van der Waals surface area contributed by atoms with E-state index in [0.29, 0.717) is 32.0 Å². The van der Waals surface area contributed by atoms with E-state index in [1.54, 1.807) is 0 Å². The molecule has 0 saturated carbocycles. The fraction of sp³-hybridized carbons (Fsp3) is 0.348. The quantitative estimate of drug-likeness (QED) is 0.600. The first-order valence-electron chi connectivity index (χ1n) is 10.2. The first-order chi connectivity index (χ1) is 14.7. The van der Waals surface area contributed by atoms with Crippen LogP contribution in [0.1, 0.15) is 22.3 Å². The van der Waals surface area contributed by atoms with E-state index in [0.717, 1.165) is 40.5 Å². The van der Waals surface area contributed by atoms with Gasteiger partial charge in [0.15, 0.2) is 5.82 Å². The van der Waals surface area contributed by atoms with Crippen molar-refractivity contribution in [1.82, 2.24) is 15.2 Å². The molecule has 3 heterocycles. The third-order valence-corrected chi connectivity index (χ3v) is 5.77. The SMILES string of the molecule is Cc1cccc(-c2nnc(N3CCN(c4ccc(C(F)(F)F)cn4)CC3)c(C)c2C)c1. The van der Waals surface area contributed by atoms with Gasteiger partial charge in [-0.15, -0.1) is 10.2 Å². The van der Waals surface area contributed by atoms with Crippen LogP contribution in [0.15, 0.2) is 42.6 Å². The summed E-state index contributed by atoms with van der Waals surface area (Å²) in [6.45, 7) is 8.87. The smallest absolute Gasteiger partial charge is 0.353 e. The summed E-state index contributed by atoms with van der Waals surface area (Å²) in [6.07, 6.45) is -3.48. The topological polar surface area (TPSA) is 45.2 Å². The number of halogens is 3. The number of anilines is 2. The summed E-state index contributed by atoms with van der Waals surface area (Å²) in [7, 11) is 0. The summed E-state index contributed by atoms with van der Waals surface area (Å²) >= 11 is 0. The Bertz CT molecular complexity index is 1070. The van der Waals surface area contributed by atoms with Crippen LogP contribution in [0.2, 0.25) is 0 Å². The molecular formula is C23H24F3N5. The number of nitrogens with zero attached hydrogens (tertiary/aromatic N) is 5. The van der Waals surface area contributed by atoms with E-state index >= 15 is 0 Å². The van der Waals surface area contributed by atoms with Crippen molar-refractivity contribution in [2.45, 2.75) is 26.9 Å². The third kappa shape index (κ3) is 4.33. The Balaban J connectivity index is 1.48. The van der Waals surface area contributed by atoms with Gasteiger partial charge in [0.25, 0.3) is 0 Å². The number of rotatable bonds is 3. The Hall–Kier alpha value is -3.16. The Morgan fingerprint density at radius 1 is 0.839 bits per heavy atom. The number of hydrogen-bond donors (Lipinski definition) is 0. The van der Waals surface area contributed by atoms with E-state index in [1.165, 1.54) is 11.6 Å². The maximum absolute atomic E-state index is 12.8. The lowest BCUT2D eigenvalue weighted by atomic mass is 10.0. The predicted octanol–water partition coefficient (Wildman–Crippen LogP) is 4.81. The molecule has 5 nitrogen and oxygen atoms in total. The zero-order valence-corrected chi connectivity index (χ0v) is 17.7. The second-order valence-corrected chi connectivity index (χ2v) is 7.87. The Morgan fingerprint density at radius 3 is 2.16 bits per heavy atom. The predicted molar refractivity (Wildman–Crippen MR) is 115 cm³/mol. The highest BCUT2D eigenvalue weighted by molar-refractivity contribution is 5.67. The van der Waals surface area contributed by atoms with Crippen molar-refractivity contribution in [3.63, 3.8) is 0 Å². The summed E-state index contributed by atoms with van der Waals surface area (Å²) in [4.78, 5) is 8.18. The molecule has 0 atom stereocenters. The van der Waals surface area contributed by atoms with Crippen molar-refractivity contribution in [3.8, 4) is 11.3 Å². The van der Waals surface area contributed by atoms with Crippen molar-refractivity contribution >= 4 is 11.6 Å². The average Bonchev–Trinajstić information content (AvgIpc) is 2.75. The van der Waals surface area contributed by atoms with E-state index < -0.39 is 11.7 Å². The maximum atomic E-state index is 12.8. The normalized spacial score (nSPS) is 14.8. The molecule has 2 aromatic heterocycles. The van der Waals surface area contributed by atoms with Gasteiger partial charge < -0.3 is 9.80 Å². The van der Waals surface area contributed by atoms with Crippen LogP contribution < -0.4 is 9.80 Å². The van der Waals surface area contributed by atoms with Crippen molar-refractivity contribution in [2.75, 3.05) is 36.0 Å². The van der Waals surface area contributed by atoms with Gasteiger partial charge in [-0.1, -0.05) is 23.8 Å². The Labute approximate surface area is 179 Å². The second-order valence-electron chi connectivity index (χ2n) is 7.87. The van der Waals surface area contributed by atoms with E-state index in [2.05, 4.69) is 53.0 Å². The minimum Gasteiger partial charge on any atom is -0.353 e. The lowest BCUT2D eigenvalue weighted by Gasteiger charge is -2.36. The van der Waals surface area contributed by atoms with E-state index in [9.17, 15) is 13.2 Å². The molecule has 1 aliphatic rings. The van der Waals surface area contributed by atoms with Crippen LogP contribution in [-0.2, 0) is 6.18 Å². The summed E-state index contributed by atoms with van der Waals surface area (Å²) in [5, 5.41) is 9.03. The first-order valence-corrected chi connectivity index (χ1v) is 10.2. The lowest BCUT2D eigenvalue weighted by Crippen LogP contribution is -2.47. The van der Waals surface area contributed by atoms with Gasteiger partial charge in [-0.2, -0.15) is 13.2 Å². The third-order valence-electron chi connectivity index (χ3n) is 5.77.